The third-order valence-corrected chi connectivity index (χ3v) is 4.94. The van der Waals surface area contributed by atoms with Crippen molar-refractivity contribution in [3.8, 4) is 0 Å². The molecule has 104 valence electrons. The Morgan fingerprint density at radius 2 is 2.11 bits per heavy atom. The van der Waals surface area contributed by atoms with E-state index in [2.05, 4.69) is 17.1 Å². The van der Waals surface area contributed by atoms with Crippen LogP contribution in [0, 0.1) is 5.92 Å². The van der Waals surface area contributed by atoms with Crippen molar-refractivity contribution in [2.75, 3.05) is 26.2 Å². The van der Waals surface area contributed by atoms with Crippen molar-refractivity contribution in [3.63, 3.8) is 0 Å². The molecule has 1 N–H and O–H groups in total. The fourth-order valence-corrected chi connectivity index (χ4v) is 3.54. The third kappa shape index (κ3) is 3.06. The topological polar surface area (TPSA) is 24.5 Å². The summed E-state index contributed by atoms with van der Waals surface area (Å²) in [6.07, 6.45) is 8.56. The summed E-state index contributed by atoms with van der Waals surface area (Å²) in [6.45, 7) is 6.91. The Morgan fingerprint density at radius 3 is 2.78 bits per heavy atom. The Labute approximate surface area is 111 Å². The van der Waals surface area contributed by atoms with Gasteiger partial charge >= 0.3 is 0 Å². The van der Waals surface area contributed by atoms with Crippen molar-refractivity contribution in [2.24, 2.45) is 5.92 Å². The van der Waals surface area contributed by atoms with Crippen LogP contribution >= 0.6 is 0 Å². The number of hydrogen-bond donors (Lipinski definition) is 1. The first-order valence-corrected chi connectivity index (χ1v) is 7.96. The summed E-state index contributed by atoms with van der Waals surface area (Å²) < 4.78 is 5.92. The van der Waals surface area contributed by atoms with E-state index in [4.69, 9.17) is 4.74 Å². The second-order valence-corrected chi connectivity index (χ2v) is 6.36. The molecule has 0 radical (unpaired) electrons. The molecule has 2 aliphatic heterocycles. The second-order valence-electron chi connectivity index (χ2n) is 6.36. The molecule has 0 aromatic rings. The van der Waals surface area contributed by atoms with Crippen molar-refractivity contribution in [3.05, 3.63) is 0 Å². The number of ether oxygens (including phenoxy) is 1. The molecule has 3 atom stereocenters. The monoisotopic (exact) mass is 252 g/mol. The maximum atomic E-state index is 5.92. The number of nitrogens with zero attached hydrogens (tertiary/aromatic N) is 1. The lowest BCUT2D eigenvalue weighted by atomic mass is 10.0. The van der Waals surface area contributed by atoms with Gasteiger partial charge in [-0.25, -0.2) is 0 Å². The lowest BCUT2D eigenvalue weighted by Crippen LogP contribution is -2.58. The van der Waals surface area contributed by atoms with Crippen LogP contribution in [0.5, 0.6) is 0 Å². The standard InChI is InChI=1S/C15H28N2O/c1-2-13-9-16-15(12-6-7-12)11-17(13)10-14-5-3-4-8-18-14/h12-16H,2-11H2,1H3. The van der Waals surface area contributed by atoms with Crippen LogP contribution in [0.15, 0.2) is 0 Å². The minimum atomic E-state index is 0.505. The molecular formula is C15H28N2O. The molecule has 0 amide bonds. The summed E-state index contributed by atoms with van der Waals surface area (Å²) in [5, 5.41) is 3.77. The van der Waals surface area contributed by atoms with Gasteiger partial charge in [-0.05, 0) is 44.4 Å². The molecule has 2 heterocycles. The zero-order valence-electron chi connectivity index (χ0n) is 11.7. The molecule has 1 aliphatic carbocycles. The maximum absolute atomic E-state index is 5.92. The summed E-state index contributed by atoms with van der Waals surface area (Å²) in [7, 11) is 0. The summed E-state index contributed by atoms with van der Waals surface area (Å²) in [6, 6.07) is 1.49. The average molecular weight is 252 g/mol. The highest BCUT2D eigenvalue weighted by Crippen LogP contribution is 2.34. The molecule has 1 saturated carbocycles. The number of piperazine rings is 1. The SMILES string of the molecule is CCC1CNC(C2CC2)CN1CC1CCCCO1. The minimum absolute atomic E-state index is 0.505. The molecule has 0 aromatic heterocycles. The van der Waals surface area contributed by atoms with Gasteiger partial charge in [0.15, 0.2) is 0 Å². The molecule has 3 unspecified atom stereocenters. The van der Waals surface area contributed by atoms with E-state index >= 15 is 0 Å². The van der Waals surface area contributed by atoms with Crippen LogP contribution in [0.4, 0.5) is 0 Å². The highest BCUT2D eigenvalue weighted by Gasteiger charge is 2.37. The normalized spacial score (nSPS) is 38.8. The molecular weight excluding hydrogens is 224 g/mol. The van der Waals surface area contributed by atoms with Gasteiger partial charge in [0.25, 0.3) is 0 Å². The quantitative estimate of drug-likeness (QED) is 0.828. The summed E-state index contributed by atoms with van der Waals surface area (Å²) in [5.74, 6) is 0.970. The molecule has 0 bridgehead atoms. The van der Waals surface area contributed by atoms with Gasteiger partial charge < -0.3 is 10.1 Å². The second kappa shape index (κ2) is 5.89. The zero-order valence-corrected chi connectivity index (χ0v) is 11.7. The van der Waals surface area contributed by atoms with E-state index < -0.39 is 0 Å². The Kier molecular flexibility index (Phi) is 4.22. The van der Waals surface area contributed by atoms with Gasteiger partial charge in [0.1, 0.15) is 0 Å². The van der Waals surface area contributed by atoms with Crippen LogP contribution in [-0.4, -0.2) is 49.3 Å². The first-order valence-electron chi connectivity index (χ1n) is 7.96. The van der Waals surface area contributed by atoms with Crippen LogP contribution in [0.2, 0.25) is 0 Å². The molecule has 0 spiro atoms. The van der Waals surface area contributed by atoms with Gasteiger partial charge in [0, 0.05) is 38.3 Å². The van der Waals surface area contributed by atoms with Crippen LogP contribution in [0.25, 0.3) is 0 Å². The van der Waals surface area contributed by atoms with Gasteiger partial charge in [0.05, 0.1) is 6.10 Å². The molecule has 0 aromatic carbocycles. The Balaban J connectivity index is 1.55. The predicted molar refractivity (Wildman–Crippen MR) is 73.8 cm³/mol. The first-order chi connectivity index (χ1) is 8.86. The molecule has 3 aliphatic rings. The maximum Gasteiger partial charge on any atom is 0.0702 e. The fraction of sp³-hybridized carbons (Fsp3) is 1.00. The first kappa shape index (κ1) is 12.9. The van der Waals surface area contributed by atoms with Crippen LogP contribution in [-0.2, 0) is 4.74 Å². The van der Waals surface area contributed by atoms with Crippen molar-refractivity contribution in [1.29, 1.82) is 0 Å². The van der Waals surface area contributed by atoms with E-state index in [0.717, 1.165) is 24.6 Å². The minimum Gasteiger partial charge on any atom is -0.377 e. The van der Waals surface area contributed by atoms with Crippen molar-refractivity contribution in [1.82, 2.24) is 10.2 Å². The average Bonchev–Trinajstić information content (AvgIpc) is 3.24. The van der Waals surface area contributed by atoms with Gasteiger partial charge in [-0.2, -0.15) is 0 Å². The van der Waals surface area contributed by atoms with Crippen LogP contribution in [0.3, 0.4) is 0 Å². The number of hydrogen-bond acceptors (Lipinski definition) is 3. The number of nitrogens with one attached hydrogen (secondary N) is 1. The van der Waals surface area contributed by atoms with Crippen molar-refractivity contribution >= 4 is 0 Å². The Hall–Kier alpha value is -0.120. The third-order valence-electron chi connectivity index (χ3n) is 4.94. The van der Waals surface area contributed by atoms with Gasteiger partial charge in [-0.1, -0.05) is 6.92 Å². The lowest BCUT2D eigenvalue weighted by molar-refractivity contribution is -0.0225. The van der Waals surface area contributed by atoms with Crippen LogP contribution in [0.1, 0.15) is 45.4 Å². The van der Waals surface area contributed by atoms with Gasteiger partial charge in [-0.3, -0.25) is 4.90 Å². The van der Waals surface area contributed by atoms with Gasteiger partial charge in [0.2, 0.25) is 0 Å². The molecule has 3 heteroatoms. The summed E-state index contributed by atoms with van der Waals surface area (Å²) in [5.41, 5.74) is 0. The van der Waals surface area contributed by atoms with E-state index in [9.17, 15) is 0 Å². The Bertz CT molecular complexity index is 261. The molecule has 3 rings (SSSR count). The zero-order chi connectivity index (χ0) is 12.4. The molecule has 18 heavy (non-hydrogen) atoms. The van der Waals surface area contributed by atoms with Crippen LogP contribution < -0.4 is 5.32 Å². The Morgan fingerprint density at radius 1 is 1.22 bits per heavy atom. The fourth-order valence-electron chi connectivity index (χ4n) is 3.54. The van der Waals surface area contributed by atoms with E-state index in [-0.39, 0.29) is 0 Å². The van der Waals surface area contributed by atoms with Gasteiger partial charge in [-0.15, -0.1) is 0 Å². The van der Waals surface area contributed by atoms with Crippen molar-refractivity contribution in [2.45, 2.75) is 63.6 Å². The smallest absolute Gasteiger partial charge is 0.0702 e. The number of rotatable bonds is 4. The molecule has 3 nitrogen and oxygen atoms in total. The van der Waals surface area contributed by atoms with E-state index in [1.807, 2.05) is 0 Å². The largest absolute Gasteiger partial charge is 0.377 e. The lowest BCUT2D eigenvalue weighted by Gasteiger charge is -2.42. The van der Waals surface area contributed by atoms with Crippen molar-refractivity contribution < 1.29 is 4.74 Å². The van der Waals surface area contributed by atoms with E-state index in [1.54, 1.807) is 0 Å². The van der Waals surface area contributed by atoms with E-state index in [1.165, 1.54) is 58.2 Å². The highest BCUT2D eigenvalue weighted by atomic mass is 16.5. The molecule has 2 saturated heterocycles. The summed E-state index contributed by atoms with van der Waals surface area (Å²) in [4.78, 5) is 2.72. The summed E-state index contributed by atoms with van der Waals surface area (Å²) >= 11 is 0. The van der Waals surface area contributed by atoms with E-state index in [0.29, 0.717) is 6.10 Å². The highest BCUT2D eigenvalue weighted by molar-refractivity contribution is 4.94. The molecule has 3 fully saturated rings. The predicted octanol–water partition coefficient (Wildman–Crippen LogP) is 2.02.